The minimum atomic E-state index is -1.31. The Morgan fingerprint density at radius 3 is 2.20 bits per heavy atom. The molecule has 0 aliphatic carbocycles. The summed E-state index contributed by atoms with van der Waals surface area (Å²) in [4.78, 5) is 10.9. The molecule has 0 heterocycles. The molecule has 0 unspecified atom stereocenters. The molecule has 3 heteroatoms. The summed E-state index contributed by atoms with van der Waals surface area (Å²) in [5, 5.41) is 19.2. The van der Waals surface area contributed by atoms with Crippen LogP contribution in [0, 0.1) is 0 Å². The van der Waals surface area contributed by atoms with Crippen molar-refractivity contribution < 1.29 is 15.0 Å². The second-order valence-corrected chi connectivity index (χ2v) is 3.75. The fourth-order valence-electron chi connectivity index (χ4n) is 1.47. The molecule has 1 aromatic carbocycles. The maximum atomic E-state index is 10.9. The van der Waals surface area contributed by atoms with Crippen molar-refractivity contribution in [1.29, 1.82) is 0 Å². The Labute approximate surface area is 89.4 Å². The summed E-state index contributed by atoms with van der Waals surface area (Å²) >= 11 is 0. The van der Waals surface area contributed by atoms with Crippen LogP contribution in [0.1, 0.15) is 25.3 Å². The lowest BCUT2D eigenvalue weighted by atomic mass is 9.91. The van der Waals surface area contributed by atoms with Crippen LogP contribution in [0.4, 0.5) is 0 Å². The number of Topliss-reactive ketones (excluding diaryl/α,β-unsaturated/α-hetero) is 1. The highest BCUT2D eigenvalue weighted by molar-refractivity contribution is 5.80. The van der Waals surface area contributed by atoms with Crippen molar-refractivity contribution in [3.63, 3.8) is 0 Å². The first-order chi connectivity index (χ1) is 7.04. The lowest BCUT2D eigenvalue weighted by Crippen LogP contribution is -2.36. The monoisotopic (exact) mass is 208 g/mol. The van der Waals surface area contributed by atoms with Gasteiger partial charge in [-0.2, -0.15) is 0 Å². The van der Waals surface area contributed by atoms with E-state index in [-0.39, 0.29) is 5.92 Å². The SMILES string of the molecule is CC(=O)[C@@H](O)[C@@H](O)[C@@H](C)c1ccccc1. The van der Waals surface area contributed by atoms with Crippen LogP contribution in [0.3, 0.4) is 0 Å². The summed E-state index contributed by atoms with van der Waals surface area (Å²) < 4.78 is 0. The van der Waals surface area contributed by atoms with E-state index in [4.69, 9.17) is 0 Å². The van der Waals surface area contributed by atoms with Crippen molar-refractivity contribution in [2.45, 2.75) is 32.0 Å². The van der Waals surface area contributed by atoms with Gasteiger partial charge < -0.3 is 10.2 Å². The Balaban J connectivity index is 2.77. The number of aliphatic hydroxyl groups excluding tert-OH is 2. The van der Waals surface area contributed by atoms with Crippen molar-refractivity contribution in [1.82, 2.24) is 0 Å². The standard InChI is InChI=1S/C12H16O3/c1-8(10-6-4-3-5-7-10)11(14)12(15)9(2)13/h3-8,11-12,14-15H,1-2H3/t8-,11-,12+/m0/s1. The van der Waals surface area contributed by atoms with Crippen LogP contribution in [-0.2, 0) is 4.79 Å². The third kappa shape index (κ3) is 2.88. The lowest BCUT2D eigenvalue weighted by Gasteiger charge is -2.22. The van der Waals surface area contributed by atoms with Gasteiger partial charge in [0.1, 0.15) is 6.10 Å². The second-order valence-electron chi connectivity index (χ2n) is 3.75. The van der Waals surface area contributed by atoms with E-state index in [1.807, 2.05) is 30.3 Å². The molecule has 2 N–H and O–H groups in total. The van der Waals surface area contributed by atoms with Gasteiger partial charge in [0.05, 0.1) is 6.10 Å². The van der Waals surface area contributed by atoms with Crippen molar-refractivity contribution in [2.24, 2.45) is 0 Å². The number of hydrogen-bond acceptors (Lipinski definition) is 3. The Morgan fingerprint density at radius 1 is 1.20 bits per heavy atom. The minimum absolute atomic E-state index is 0.259. The first-order valence-corrected chi connectivity index (χ1v) is 4.95. The average Bonchev–Trinajstić information content (AvgIpc) is 2.27. The topological polar surface area (TPSA) is 57.5 Å². The van der Waals surface area contributed by atoms with Crippen molar-refractivity contribution in [3.8, 4) is 0 Å². The smallest absolute Gasteiger partial charge is 0.160 e. The van der Waals surface area contributed by atoms with Gasteiger partial charge in [0.2, 0.25) is 0 Å². The Kier molecular flexibility index (Phi) is 4.00. The van der Waals surface area contributed by atoms with Gasteiger partial charge in [-0.1, -0.05) is 37.3 Å². The number of hydrogen-bond donors (Lipinski definition) is 2. The summed E-state index contributed by atoms with van der Waals surface area (Å²) in [5.74, 6) is -0.671. The molecule has 0 fully saturated rings. The van der Waals surface area contributed by atoms with Gasteiger partial charge in [0, 0.05) is 5.92 Å². The number of carbonyl (C=O) groups excluding carboxylic acids is 1. The molecule has 0 spiro atoms. The highest BCUT2D eigenvalue weighted by Gasteiger charge is 2.26. The highest BCUT2D eigenvalue weighted by atomic mass is 16.3. The largest absolute Gasteiger partial charge is 0.389 e. The van der Waals surface area contributed by atoms with Gasteiger partial charge in [0.25, 0.3) is 0 Å². The molecule has 0 saturated carbocycles. The summed E-state index contributed by atoms with van der Waals surface area (Å²) in [7, 11) is 0. The van der Waals surface area contributed by atoms with Gasteiger partial charge in [-0.05, 0) is 12.5 Å². The molecule has 3 nitrogen and oxygen atoms in total. The van der Waals surface area contributed by atoms with Gasteiger partial charge in [-0.15, -0.1) is 0 Å². The van der Waals surface area contributed by atoms with Crippen LogP contribution >= 0.6 is 0 Å². The molecule has 82 valence electrons. The van der Waals surface area contributed by atoms with Crippen LogP contribution in [0.5, 0.6) is 0 Å². The van der Waals surface area contributed by atoms with Gasteiger partial charge in [-0.3, -0.25) is 4.79 Å². The van der Waals surface area contributed by atoms with E-state index in [0.717, 1.165) is 5.56 Å². The molecule has 0 radical (unpaired) electrons. The van der Waals surface area contributed by atoms with Crippen LogP contribution in [0.15, 0.2) is 30.3 Å². The zero-order valence-corrected chi connectivity index (χ0v) is 8.92. The Morgan fingerprint density at radius 2 is 1.73 bits per heavy atom. The maximum absolute atomic E-state index is 10.9. The first-order valence-electron chi connectivity index (χ1n) is 4.95. The van der Waals surface area contributed by atoms with E-state index >= 15 is 0 Å². The lowest BCUT2D eigenvalue weighted by molar-refractivity contribution is -0.131. The zero-order valence-electron chi connectivity index (χ0n) is 8.92. The van der Waals surface area contributed by atoms with E-state index < -0.39 is 18.0 Å². The van der Waals surface area contributed by atoms with Crippen molar-refractivity contribution >= 4 is 5.78 Å². The maximum Gasteiger partial charge on any atom is 0.160 e. The van der Waals surface area contributed by atoms with Gasteiger partial charge in [0.15, 0.2) is 5.78 Å². The highest BCUT2D eigenvalue weighted by Crippen LogP contribution is 2.21. The molecule has 0 bridgehead atoms. The molecule has 3 atom stereocenters. The molecule has 0 aromatic heterocycles. The van der Waals surface area contributed by atoms with Crippen LogP contribution in [0.2, 0.25) is 0 Å². The molecule has 1 rings (SSSR count). The fraction of sp³-hybridized carbons (Fsp3) is 0.417. The van der Waals surface area contributed by atoms with E-state index in [0.29, 0.717) is 0 Å². The summed E-state index contributed by atoms with van der Waals surface area (Å²) in [6.07, 6.45) is -2.36. The van der Waals surface area contributed by atoms with Crippen LogP contribution in [0.25, 0.3) is 0 Å². The zero-order chi connectivity index (χ0) is 11.4. The molecule has 0 aliphatic heterocycles. The number of carbonyl (C=O) groups is 1. The number of ketones is 1. The van der Waals surface area contributed by atoms with Crippen LogP contribution in [-0.4, -0.2) is 28.2 Å². The molecule has 1 aromatic rings. The van der Waals surface area contributed by atoms with Crippen LogP contribution < -0.4 is 0 Å². The Bertz CT molecular complexity index is 321. The minimum Gasteiger partial charge on any atom is -0.389 e. The van der Waals surface area contributed by atoms with Gasteiger partial charge >= 0.3 is 0 Å². The predicted molar refractivity (Wildman–Crippen MR) is 57.6 cm³/mol. The van der Waals surface area contributed by atoms with E-state index in [2.05, 4.69) is 0 Å². The third-order valence-electron chi connectivity index (χ3n) is 2.58. The number of benzene rings is 1. The molecule has 15 heavy (non-hydrogen) atoms. The van der Waals surface area contributed by atoms with E-state index in [1.165, 1.54) is 6.92 Å². The van der Waals surface area contributed by atoms with E-state index in [1.54, 1.807) is 6.92 Å². The molecule has 0 saturated heterocycles. The third-order valence-corrected chi connectivity index (χ3v) is 2.58. The average molecular weight is 208 g/mol. The Hall–Kier alpha value is -1.19. The summed E-state index contributed by atoms with van der Waals surface area (Å²) in [6.45, 7) is 3.05. The first kappa shape index (κ1) is 11.9. The normalized spacial score (nSPS) is 16.8. The quantitative estimate of drug-likeness (QED) is 0.779. The molecule has 0 aliphatic rings. The summed E-state index contributed by atoms with van der Waals surface area (Å²) in [6, 6.07) is 9.32. The van der Waals surface area contributed by atoms with Crippen molar-refractivity contribution in [3.05, 3.63) is 35.9 Å². The van der Waals surface area contributed by atoms with Gasteiger partial charge in [-0.25, -0.2) is 0 Å². The summed E-state index contributed by atoms with van der Waals surface area (Å²) in [5.41, 5.74) is 0.908. The molecule has 0 amide bonds. The number of aliphatic hydroxyl groups is 2. The molecular weight excluding hydrogens is 192 g/mol. The van der Waals surface area contributed by atoms with Crippen molar-refractivity contribution in [2.75, 3.05) is 0 Å². The molecular formula is C12H16O3. The predicted octanol–water partition coefficient (Wildman–Crippen LogP) is 1.10. The number of rotatable bonds is 4. The fourth-order valence-corrected chi connectivity index (χ4v) is 1.47. The second kappa shape index (κ2) is 5.05. The van der Waals surface area contributed by atoms with E-state index in [9.17, 15) is 15.0 Å².